The average molecular weight is 347 g/mol. The van der Waals surface area contributed by atoms with E-state index in [-0.39, 0.29) is 18.1 Å². The molecule has 1 heterocycles. The van der Waals surface area contributed by atoms with Gasteiger partial charge in [0.05, 0.1) is 19.5 Å². The predicted octanol–water partition coefficient (Wildman–Crippen LogP) is 3.26. The molecule has 1 aromatic heterocycles. The van der Waals surface area contributed by atoms with Crippen LogP contribution in [0.1, 0.15) is 64.2 Å². The Bertz CT molecular complexity index is 553. The van der Waals surface area contributed by atoms with Crippen molar-refractivity contribution < 1.29 is 14.3 Å². The number of hydrogen-bond donors (Lipinski definition) is 1. The van der Waals surface area contributed by atoms with Crippen molar-refractivity contribution in [3.63, 3.8) is 0 Å². The van der Waals surface area contributed by atoms with Gasteiger partial charge in [-0.15, -0.1) is 0 Å². The standard InChI is InChI=1S/C19H29N3O3/c1-24-18-12-20-13-19(22-18)25-16-9-7-15(8-10-16)21-17(23)11-6-14-4-2-3-5-14/h12-16H,2-11H2,1H3,(H,21,23). The summed E-state index contributed by atoms with van der Waals surface area (Å²) in [5.41, 5.74) is 0. The first-order valence-electron chi connectivity index (χ1n) is 9.55. The molecular weight excluding hydrogens is 318 g/mol. The smallest absolute Gasteiger partial charge is 0.235 e. The second kappa shape index (κ2) is 9.02. The molecule has 2 aliphatic rings. The SMILES string of the molecule is COc1cncc(OC2CCC(NC(=O)CCC3CCCC3)CC2)n1. The van der Waals surface area contributed by atoms with Crippen LogP contribution in [0.5, 0.6) is 11.8 Å². The lowest BCUT2D eigenvalue weighted by atomic mass is 9.92. The Morgan fingerprint density at radius 3 is 2.56 bits per heavy atom. The van der Waals surface area contributed by atoms with Crippen molar-refractivity contribution in [1.82, 2.24) is 15.3 Å². The average Bonchev–Trinajstić information content (AvgIpc) is 3.15. The van der Waals surface area contributed by atoms with Crippen LogP contribution in [0.4, 0.5) is 0 Å². The minimum absolute atomic E-state index is 0.132. The van der Waals surface area contributed by atoms with E-state index in [4.69, 9.17) is 9.47 Å². The second-order valence-corrected chi connectivity index (χ2v) is 7.25. The van der Waals surface area contributed by atoms with Gasteiger partial charge in [-0.25, -0.2) is 0 Å². The van der Waals surface area contributed by atoms with Gasteiger partial charge in [-0.3, -0.25) is 9.78 Å². The van der Waals surface area contributed by atoms with Gasteiger partial charge in [0.25, 0.3) is 0 Å². The Morgan fingerprint density at radius 1 is 1.12 bits per heavy atom. The van der Waals surface area contributed by atoms with Gasteiger partial charge in [-0.05, 0) is 38.0 Å². The van der Waals surface area contributed by atoms with Crippen molar-refractivity contribution in [2.24, 2.45) is 5.92 Å². The van der Waals surface area contributed by atoms with E-state index in [9.17, 15) is 4.79 Å². The summed E-state index contributed by atoms with van der Waals surface area (Å²) in [5.74, 6) is 1.96. The molecule has 0 aliphatic heterocycles. The molecule has 1 N–H and O–H groups in total. The summed E-state index contributed by atoms with van der Waals surface area (Å²) < 4.78 is 11.0. The van der Waals surface area contributed by atoms with E-state index in [0.717, 1.165) is 38.0 Å². The molecule has 138 valence electrons. The zero-order valence-electron chi connectivity index (χ0n) is 15.1. The summed E-state index contributed by atoms with van der Waals surface area (Å²) in [4.78, 5) is 20.4. The van der Waals surface area contributed by atoms with Crippen molar-refractivity contribution in [3.05, 3.63) is 12.4 Å². The van der Waals surface area contributed by atoms with Crippen molar-refractivity contribution in [3.8, 4) is 11.8 Å². The summed E-state index contributed by atoms with van der Waals surface area (Å²) in [5, 5.41) is 3.20. The number of nitrogens with one attached hydrogen (secondary N) is 1. The van der Waals surface area contributed by atoms with Gasteiger partial charge in [-0.2, -0.15) is 4.98 Å². The first kappa shape index (κ1) is 18.0. The van der Waals surface area contributed by atoms with Crippen LogP contribution < -0.4 is 14.8 Å². The third-order valence-corrected chi connectivity index (χ3v) is 5.38. The van der Waals surface area contributed by atoms with Gasteiger partial charge >= 0.3 is 0 Å². The van der Waals surface area contributed by atoms with Crippen LogP contribution in [0.3, 0.4) is 0 Å². The monoisotopic (exact) mass is 347 g/mol. The zero-order chi connectivity index (χ0) is 17.5. The molecule has 0 aromatic carbocycles. The molecular formula is C19H29N3O3. The highest BCUT2D eigenvalue weighted by Crippen LogP contribution is 2.28. The molecule has 0 radical (unpaired) electrons. The molecule has 0 unspecified atom stereocenters. The van der Waals surface area contributed by atoms with E-state index < -0.39 is 0 Å². The summed E-state index contributed by atoms with van der Waals surface area (Å²) in [6.07, 6.45) is 14.1. The van der Waals surface area contributed by atoms with E-state index >= 15 is 0 Å². The van der Waals surface area contributed by atoms with Crippen molar-refractivity contribution in [1.29, 1.82) is 0 Å². The highest BCUT2D eigenvalue weighted by atomic mass is 16.5. The number of carbonyl (C=O) groups is 1. The van der Waals surface area contributed by atoms with Crippen molar-refractivity contribution in [2.75, 3.05) is 7.11 Å². The zero-order valence-corrected chi connectivity index (χ0v) is 15.1. The largest absolute Gasteiger partial charge is 0.480 e. The van der Waals surface area contributed by atoms with Gasteiger partial charge in [0.1, 0.15) is 6.10 Å². The molecule has 2 fully saturated rings. The lowest BCUT2D eigenvalue weighted by Gasteiger charge is -2.29. The number of ether oxygens (including phenoxy) is 2. The topological polar surface area (TPSA) is 73.3 Å². The molecule has 25 heavy (non-hydrogen) atoms. The van der Waals surface area contributed by atoms with E-state index in [2.05, 4.69) is 15.3 Å². The quantitative estimate of drug-likeness (QED) is 0.819. The molecule has 3 rings (SSSR count). The fraction of sp³-hybridized carbons (Fsp3) is 0.737. The van der Waals surface area contributed by atoms with E-state index in [1.54, 1.807) is 19.5 Å². The molecule has 0 bridgehead atoms. The molecule has 2 aliphatic carbocycles. The van der Waals surface area contributed by atoms with Gasteiger partial charge < -0.3 is 14.8 Å². The van der Waals surface area contributed by atoms with Crippen LogP contribution in [0, 0.1) is 5.92 Å². The molecule has 1 amide bonds. The molecule has 6 nitrogen and oxygen atoms in total. The highest BCUT2D eigenvalue weighted by molar-refractivity contribution is 5.76. The van der Waals surface area contributed by atoms with Crippen molar-refractivity contribution in [2.45, 2.75) is 76.4 Å². The molecule has 0 spiro atoms. The summed E-state index contributed by atoms with van der Waals surface area (Å²) >= 11 is 0. The summed E-state index contributed by atoms with van der Waals surface area (Å²) in [6, 6.07) is 0.285. The first-order valence-corrected chi connectivity index (χ1v) is 9.55. The number of aromatic nitrogens is 2. The molecule has 0 atom stereocenters. The maximum absolute atomic E-state index is 12.1. The number of carbonyl (C=O) groups excluding carboxylic acids is 1. The predicted molar refractivity (Wildman–Crippen MR) is 94.6 cm³/mol. The Labute approximate surface area is 149 Å². The number of rotatable bonds is 7. The van der Waals surface area contributed by atoms with Crippen LogP contribution in [0.15, 0.2) is 12.4 Å². The lowest BCUT2D eigenvalue weighted by molar-refractivity contribution is -0.122. The number of hydrogen-bond acceptors (Lipinski definition) is 5. The summed E-state index contributed by atoms with van der Waals surface area (Å²) in [7, 11) is 1.56. The number of nitrogens with zero attached hydrogens (tertiary/aromatic N) is 2. The molecule has 2 saturated carbocycles. The first-order chi connectivity index (χ1) is 12.2. The van der Waals surface area contributed by atoms with Gasteiger partial charge in [0, 0.05) is 12.5 Å². The minimum atomic E-state index is 0.132. The normalized spacial score (nSPS) is 24.0. The fourth-order valence-electron chi connectivity index (χ4n) is 3.92. The van der Waals surface area contributed by atoms with E-state index in [0.29, 0.717) is 18.2 Å². The lowest BCUT2D eigenvalue weighted by Crippen LogP contribution is -2.39. The fourth-order valence-corrected chi connectivity index (χ4v) is 3.92. The van der Waals surface area contributed by atoms with Gasteiger partial charge in [0.15, 0.2) is 0 Å². The Balaban J connectivity index is 1.35. The minimum Gasteiger partial charge on any atom is -0.480 e. The van der Waals surface area contributed by atoms with Gasteiger partial charge in [0.2, 0.25) is 17.7 Å². The maximum Gasteiger partial charge on any atom is 0.235 e. The second-order valence-electron chi connectivity index (χ2n) is 7.25. The van der Waals surface area contributed by atoms with Crippen LogP contribution in [-0.2, 0) is 4.79 Å². The molecule has 0 saturated heterocycles. The van der Waals surface area contributed by atoms with Crippen LogP contribution >= 0.6 is 0 Å². The Hall–Kier alpha value is -1.85. The van der Waals surface area contributed by atoms with Gasteiger partial charge in [-0.1, -0.05) is 25.7 Å². The van der Waals surface area contributed by atoms with E-state index in [1.807, 2.05) is 0 Å². The van der Waals surface area contributed by atoms with Crippen LogP contribution in [0.25, 0.3) is 0 Å². The third-order valence-electron chi connectivity index (χ3n) is 5.38. The number of amides is 1. The summed E-state index contributed by atoms with van der Waals surface area (Å²) in [6.45, 7) is 0. The van der Waals surface area contributed by atoms with Crippen molar-refractivity contribution >= 4 is 5.91 Å². The Kier molecular flexibility index (Phi) is 6.48. The van der Waals surface area contributed by atoms with Crippen LogP contribution in [0.2, 0.25) is 0 Å². The number of methoxy groups -OCH3 is 1. The maximum atomic E-state index is 12.1. The van der Waals surface area contributed by atoms with E-state index in [1.165, 1.54) is 25.7 Å². The Morgan fingerprint density at radius 2 is 1.84 bits per heavy atom. The highest BCUT2D eigenvalue weighted by Gasteiger charge is 2.24. The third kappa shape index (κ3) is 5.58. The molecule has 1 aromatic rings. The van der Waals surface area contributed by atoms with Crippen LogP contribution in [-0.4, -0.2) is 35.1 Å². The molecule has 6 heteroatoms.